The maximum Gasteiger partial charge on any atom is 0.408 e. The molecule has 20 heavy (non-hydrogen) atoms. The highest BCUT2D eigenvalue weighted by atomic mass is 32.2. The number of carbonyl (C=O) groups excluding carboxylic acids is 2. The molecule has 0 aliphatic heterocycles. The number of hydrogen-bond acceptors (Lipinski definition) is 5. The molecule has 0 aromatic carbocycles. The zero-order valence-electron chi connectivity index (χ0n) is 13.5. The predicted octanol–water partition coefficient (Wildman–Crippen LogP) is 2.97. The Kier molecular flexibility index (Phi) is 7.41. The van der Waals surface area contributed by atoms with Crippen LogP contribution in [-0.4, -0.2) is 41.3 Å². The summed E-state index contributed by atoms with van der Waals surface area (Å²) in [4.78, 5) is 23.8. The van der Waals surface area contributed by atoms with Gasteiger partial charge in [0.25, 0.3) is 0 Å². The summed E-state index contributed by atoms with van der Waals surface area (Å²) in [6, 6.07) is -0.684. The van der Waals surface area contributed by atoms with Crippen LogP contribution in [0, 0.1) is 0 Å². The molecule has 0 fully saturated rings. The highest BCUT2D eigenvalue weighted by Gasteiger charge is 2.28. The SMILES string of the molecule is CSCC[C@H](NC(=O)OC(C)(C)C)C(=O)OC(C)(C)C. The van der Waals surface area contributed by atoms with E-state index in [2.05, 4.69) is 5.32 Å². The molecule has 0 rings (SSSR count). The molecule has 0 saturated carbocycles. The summed E-state index contributed by atoms with van der Waals surface area (Å²) in [5.41, 5.74) is -1.17. The van der Waals surface area contributed by atoms with Gasteiger partial charge in [0.05, 0.1) is 0 Å². The lowest BCUT2D eigenvalue weighted by molar-refractivity contribution is -0.157. The maximum atomic E-state index is 12.1. The van der Waals surface area contributed by atoms with E-state index in [0.717, 1.165) is 5.75 Å². The number of amides is 1. The van der Waals surface area contributed by atoms with E-state index in [1.165, 1.54) is 0 Å². The van der Waals surface area contributed by atoms with E-state index in [4.69, 9.17) is 9.47 Å². The Labute approximate surface area is 126 Å². The molecule has 0 bridgehead atoms. The molecule has 1 atom stereocenters. The smallest absolute Gasteiger partial charge is 0.408 e. The molecule has 0 saturated heterocycles. The van der Waals surface area contributed by atoms with Gasteiger partial charge in [0.1, 0.15) is 17.2 Å². The molecule has 0 aromatic heterocycles. The minimum absolute atomic E-state index is 0.433. The van der Waals surface area contributed by atoms with Gasteiger partial charge in [-0.1, -0.05) is 0 Å². The third-order valence-corrected chi connectivity index (χ3v) is 2.64. The fourth-order valence-electron chi connectivity index (χ4n) is 1.31. The van der Waals surface area contributed by atoms with Crippen molar-refractivity contribution in [1.82, 2.24) is 5.32 Å². The Morgan fingerprint density at radius 1 is 1.05 bits per heavy atom. The van der Waals surface area contributed by atoms with Crippen LogP contribution in [0.5, 0.6) is 0 Å². The summed E-state index contributed by atoms with van der Waals surface area (Å²) in [6.45, 7) is 10.7. The highest BCUT2D eigenvalue weighted by Crippen LogP contribution is 2.12. The molecule has 0 aliphatic rings. The van der Waals surface area contributed by atoms with Crippen molar-refractivity contribution in [2.45, 2.75) is 65.2 Å². The topological polar surface area (TPSA) is 64.6 Å². The third-order valence-electron chi connectivity index (χ3n) is 1.99. The first-order valence-electron chi connectivity index (χ1n) is 6.66. The number of rotatable bonds is 5. The van der Waals surface area contributed by atoms with Gasteiger partial charge < -0.3 is 14.8 Å². The van der Waals surface area contributed by atoms with Gasteiger partial charge in [-0.15, -0.1) is 0 Å². The summed E-state index contributed by atoms with van der Waals surface area (Å²) in [6.07, 6.45) is 1.85. The molecule has 118 valence electrons. The van der Waals surface area contributed by atoms with E-state index in [9.17, 15) is 9.59 Å². The van der Waals surface area contributed by atoms with Gasteiger partial charge in [-0.2, -0.15) is 11.8 Å². The predicted molar refractivity (Wildman–Crippen MR) is 82.0 cm³/mol. The van der Waals surface area contributed by atoms with Gasteiger partial charge in [-0.05, 0) is 60.0 Å². The lowest BCUT2D eigenvalue weighted by Crippen LogP contribution is -2.46. The zero-order valence-corrected chi connectivity index (χ0v) is 14.3. The van der Waals surface area contributed by atoms with Gasteiger partial charge in [0.15, 0.2) is 0 Å². The van der Waals surface area contributed by atoms with E-state index in [1.54, 1.807) is 53.3 Å². The summed E-state index contributed by atoms with van der Waals surface area (Å²) < 4.78 is 10.5. The van der Waals surface area contributed by atoms with Gasteiger partial charge in [-0.25, -0.2) is 9.59 Å². The fraction of sp³-hybridized carbons (Fsp3) is 0.857. The Hall–Kier alpha value is -0.910. The van der Waals surface area contributed by atoms with Crippen molar-refractivity contribution >= 4 is 23.8 Å². The number of thioether (sulfide) groups is 1. The van der Waals surface area contributed by atoms with Gasteiger partial charge >= 0.3 is 12.1 Å². The molecular weight excluding hydrogens is 278 g/mol. The average molecular weight is 305 g/mol. The monoisotopic (exact) mass is 305 g/mol. The van der Waals surface area contributed by atoms with Crippen LogP contribution in [0.1, 0.15) is 48.0 Å². The minimum Gasteiger partial charge on any atom is -0.458 e. The highest BCUT2D eigenvalue weighted by molar-refractivity contribution is 7.98. The Bertz CT molecular complexity index is 331. The molecule has 1 amide bonds. The van der Waals surface area contributed by atoms with Crippen molar-refractivity contribution < 1.29 is 19.1 Å². The largest absolute Gasteiger partial charge is 0.458 e. The van der Waals surface area contributed by atoms with Crippen LogP contribution in [0.3, 0.4) is 0 Å². The zero-order chi connectivity index (χ0) is 16.0. The standard InChI is InChI=1S/C14H27NO4S/c1-13(2,3)18-11(16)10(8-9-20-7)15-12(17)19-14(4,5)6/h10H,8-9H2,1-7H3,(H,15,17)/t10-/m0/s1. The first kappa shape index (κ1) is 19.1. The Balaban J connectivity index is 4.63. The second-order valence-corrected chi connectivity index (χ2v) is 7.50. The second-order valence-electron chi connectivity index (χ2n) is 6.51. The number of nitrogens with one attached hydrogen (secondary N) is 1. The first-order chi connectivity index (χ1) is 8.94. The van der Waals surface area contributed by atoms with E-state index in [0.29, 0.717) is 6.42 Å². The normalized spacial score (nSPS) is 13.6. The van der Waals surface area contributed by atoms with Crippen LogP contribution in [0.2, 0.25) is 0 Å². The number of alkyl carbamates (subject to hydrolysis) is 1. The Morgan fingerprint density at radius 3 is 1.95 bits per heavy atom. The summed E-state index contributed by atoms with van der Waals surface area (Å²) in [7, 11) is 0. The number of esters is 1. The molecule has 0 aromatic rings. The third kappa shape index (κ3) is 9.95. The Morgan fingerprint density at radius 2 is 1.55 bits per heavy atom. The second kappa shape index (κ2) is 7.76. The molecule has 0 radical (unpaired) electrons. The average Bonchev–Trinajstić information content (AvgIpc) is 2.18. The summed E-state index contributed by atoms with van der Waals surface area (Å²) in [5.74, 6) is 0.317. The lowest BCUT2D eigenvalue weighted by atomic mass is 10.1. The van der Waals surface area contributed by atoms with E-state index in [-0.39, 0.29) is 0 Å². The van der Waals surface area contributed by atoms with Crippen LogP contribution in [0.4, 0.5) is 4.79 Å². The molecule has 5 nitrogen and oxygen atoms in total. The molecule has 1 N–H and O–H groups in total. The van der Waals surface area contributed by atoms with Crippen LogP contribution in [-0.2, 0) is 14.3 Å². The molecular formula is C14H27NO4S. The van der Waals surface area contributed by atoms with Crippen molar-refractivity contribution in [3.63, 3.8) is 0 Å². The molecule has 0 spiro atoms. The first-order valence-corrected chi connectivity index (χ1v) is 8.05. The van der Waals surface area contributed by atoms with Crippen molar-refractivity contribution in [2.75, 3.05) is 12.0 Å². The van der Waals surface area contributed by atoms with Crippen molar-refractivity contribution in [2.24, 2.45) is 0 Å². The van der Waals surface area contributed by atoms with Crippen molar-refractivity contribution in [1.29, 1.82) is 0 Å². The van der Waals surface area contributed by atoms with Crippen molar-refractivity contribution in [3.8, 4) is 0 Å². The molecule has 0 aliphatic carbocycles. The van der Waals surface area contributed by atoms with E-state index < -0.39 is 29.3 Å². The number of hydrogen-bond donors (Lipinski definition) is 1. The number of ether oxygens (including phenoxy) is 2. The lowest BCUT2D eigenvalue weighted by Gasteiger charge is -2.26. The van der Waals surface area contributed by atoms with Gasteiger partial charge in [0.2, 0.25) is 0 Å². The minimum atomic E-state index is -0.684. The quantitative estimate of drug-likeness (QED) is 0.791. The van der Waals surface area contributed by atoms with Gasteiger partial charge in [-0.3, -0.25) is 0 Å². The van der Waals surface area contributed by atoms with Crippen LogP contribution < -0.4 is 5.32 Å². The molecule has 0 unspecified atom stereocenters. The molecule has 0 heterocycles. The summed E-state index contributed by atoms with van der Waals surface area (Å²) in [5, 5.41) is 2.58. The van der Waals surface area contributed by atoms with Crippen LogP contribution in [0.15, 0.2) is 0 Å². The van der Waals surface area contributed by atoms with Crippen LogP contribution in [0.25, 0.3) is 0 Å². The summed E-state index contributed by atoms with van der Waals surface area (Å²) >= 11 is 1.61. The van der Waals surface area contributed by atoms with Gasteiger partial charge in [0, 0.05) is 0 Å². The molecule has 6 heteroatoms. The van der Waals surface area contributed by atoms with Crippen LogP contribution >= 0.6 is 11.8 Å². The maximum absolute atomic E-state index is 12.1. The van der Waals surface area contributed by atoms with E-state index in [1.807, 2.05) is 6.26 Å². The van der Waals surface area contributed by atoms with Crippen molar-refractivity contribution in [3.05, 3.63) is 0 Å². The van der Waals surface area contributed by atoms with E-state index >= 15 is 0 Å². The fourth-order valence-corrected chi connectivity index (χ4v) is 1.78. The number of carbonyl (C=O) groups is 2.